The molecule has 1 atom stereocenters. The number of para-hydroxylation sites is 1. The number of amides is 3. The molecule has 0 saturated carbocycles. The molecule has 1 heterocycles. The van der Waals surface area contributed by atoms with E-state index in [-0.39, 0.29) is 30.8 Å². The minimum Gasteiger partial charge on any atom is -0.361 e. The van der Waals surface area contributed by atoms with Crippen LogP contribution in [0.25, 0.3) is 10.9 Å². The maximum Gasteiger partial charge on any atom is 0.315 e. The molecule has 0 fully saturated rings. The third kappa shape index (κ3) is 6.01. The second-order valence-electron chi connectivity index (χ2n) is 7.90. The second-order valence-corrected chi connectivity index (χ2v) is 7.90. The number of urea groups is 1. The molecule has 0 aliphatic heterocycles. The van der Waals surface area contributed by atoms with Gasteiger partial charge in [-0.2, -0.15) is 0 Å². The van der Waals surface area contributed by atoms with E-state index in [0.29, 0.717) is 13.1 Å². The van der Waals surface area contributed by atoms with Gasteiger partial charge in [-0.25, -0.2) is 4.79 Å². The van der Waals surface area contributed by atoms with Crippen LogP contribution in [0.3, 0.4) is 0 Å². The molecule has 0 radical (unpaired) electrons. The summed E-state index contributed by atoms with van der Waals surface area (Å²) in [6, 6.07) is 27.7. The molecule has 1 aromatic heterocycles. The highest BCUT2D eigenvalue weighted by Gasteiger charge is 2.19. The summed E-state index contributed by atoms with van der Waals surface area (Å²) < 4.78 is 0. The quantitative estimate of drug-likeness (QED) is 0.313. The molecule has 4 aromatic rings. The van der Waals surface area contributed by atoms with E-state index in [9.17, 15) is 9.59 Å². The van der Waals surface area contributed by atoms with Crippen molar-refractivity contribution in [1.29, 1.82) is 0 Å². The van der Waals surface area contributed by atoms with Crippen LogP contribution in [0.1, 0.15) is 29.0 Å². The Morgan fingerprint density at radius 3 is 2.27 bits per heavy atom. The smallest absolute Gasteiger partial charge is 0.315 e. The van der Waals surface area contributed by atoms with Crippen molar-refractivity contribution < 1.29 is 9.59 Å². The van der Waals surface area contributed by atoms with E-state index in [4.69, 9.17) is 0 Å². The predicted octanol–water partition coefficient (Wildman–Crippen LogP) is 4.31. The van der Waals surface area contributed by atoms with Crippen LogP contribution in [0.2, 0.25) is 0 Å². The molecule has 3 amide bonds. The minimum absolute atomic E-state index is 0.0217. The van der Waals surface area contributed by atoms with E-state index in [0.717, 1.165) is 27.6 Å². The average Bonchev–Trinajstić information content (AvgIpc) is 3.28. The third-order valence-corrected chi connectivity index (χ3v) is 5.64. The van der Waals surface area contributed by atoms with Crippen molar-refractivity contribution in [3.8, 4) is 0 Å². The normalized spacial score (nSPS) is 11.6. The molecule has 6 nitrogen and oxygen atoms in total. The fourth-order valence-corrected chi connectivity index (χ4v) is 3.91. The van der Waals surface area contributed by atoms with Crippen molar-refractivity contribution in [3.63, 3.8) is 0 Å². The molecule has 0 saturated heterocycles. The number of hydrogen-bond donors (Lipinski definition) is 4. The molecule has 168 valence electrons. The molecule has 0 bridgehead atoms. The molecular weight excluding hydrogens is 412 g/mol. The average molecular weight is 441 g/mol. The SMILES string of the molecule is O=C(CCNC(=O)NCc1ccccc1)NCC(c1ccccc1)c1c[nH]c2ccccc12. The van der Waals surface area contributed by atoms with Gasteiger partial charge >= 0.3 is 6.03 Å². The zero-order valence-electron chi connectivity index (χ0n) is 18.4. The Bertz CT molecular complexity index is 1190. The van der Waals surface area contributed by atoms with Gasteiger partial charge in [-0.15, -0.1) is 0 Å². The van der Waals surface area contributed by atoms with Gasteiger partial charge in [-0.1, -0.05) is 78.9 Å². The fourth-order valence-electron chi connectivity index (χ4n) is 3.91. The van der Waals surface area contributed by atoms with Crippen LogP contribution in [-0.4, -0.2) is 30.0 Å². The molecule has 6 heteroatoms. The first-order chi connectivity index (χ1) is 16.2. The van der Waals surface area contributed by atoms with Gasteiger partial charge in [0.25, 0.3) is 0 Å². The van der Waals surface area contributed by atoms with Crippen molar-refractivity contribution >= 4 is 22.8 Å². The molecule has 4 rings (SSSR count). The number of fused-ring (bicyclic) bond motifs is 1. The first-order valence-corrected chi connectivity index (χ1v) is 11.1. The largest absolute Gasteiger partial charge is 0.361 e. The van der Waals surface area contributed by atoms with Crippen molar-refractivity contribution in [2.75, 3.05) is 13.1 Å². The molecule has 3 aromatic carbocycles. The number of nitrogens with one attached hydrogen (secondary N) is 4. The lowest BCUT2D eigenvalue weighted by Gasteiger charge is -2.18. The molecule has 0 aliphatic carbocycles. The molecule has 4 N–H and O–H groups in total. The zero-order valence-corrected chi connectivity index (χ0v) is 18.4. The third-order valence-electron chi connectivity index (χ3n) is 5.64. The van der Waals surface area contributed by atoms with Gasteiger partial charge < -0.3 is 20.9 Å². The minimum atomic E-state index is -0.285. The number of rotatable bonds is 9. The monoisotopic (exact) mass is 440 g/mol. The lowest BCUT2D eigenvalue weighted by Crippen LogP contribution is -2.38. The van der Waals surface area contributed by atoms with Gasteiger partial charge in [0.05, 0.1) is 0 Å². The van der Waals surface area contributed by atoms with Gasteiger partial charge in [-0.05, 0) is 22.8 Å². The Kier molecular flexibility index (Phi) is 7.38. The Morgan fingerprint density at radius 1 is 0.788 bits per heavy atom. The summed E-state index contributed by atoms with van der Waals surface area (Å²) in [5.74, 6) is -0.0763. The molecule has 33 heavy (non-hydrogen) atoms. The summed E-state index contributed by atoms with van der Waals surface area (Å²) in [4.78, 5) is 27.8. The number of carbonyl (C=O) groups excluding carboxylic acids is 2. The van der Waals surface area contributed by atoms with Crippen molar-refractivity contribution in [2.45, 2.75) is 18.9 Å². The van der Waals surface area contributed by atoms with Crippen molar-refractivity contribution in [1.82, 2.24) is 20.9 Å². The fraction of sp³-hybridized carbons (Fsp3) is 0.185. The number of hydrogen-bond acceptors (Lipinski definition) is 2. The van der Waals surface area contributed by atoms with Crippen LogP contribution in [-0.2, 0) is 11.3 Å². The first-order valence-electron chi connectivity index (χ1n) is 11.1. The van der Waals surface area contributed by atoms with Gasteiger partial charge in [0.1, 0.15) is 0 Å². The van der Waals surface area contributed by atoms with E-state index in [1.165, 1.54) is 0 Å². The van der Waals surface area contributed by atoms with Gasteiger partial charge in [-0.3, -0.25) is 4.79 Å². The maximum absolute atomic E-state index is 12.5. The summed E-state index contributed by atoms with van der Waals surface area (Å²) in [5.41, 5.74) is 4.39. The Morgan fingerprint density at radius 2 is 1.48 bits per heavy atom. The molecule has 0 spiro atoms. The second kappa shape index (κ2) is 11.0. The van der Waals surface area contributed by atoms with Crippen LogP contribution in [0.5, 0.6) is 0 Å². The number of benzene rings is 3. The van der Waals surface area contributed by atoms with E-state index in [1.807, 2.05) is 72.9 Å². The Balaban J connectivity index is 1.30. The lowest BCUT2D eigenvalue weighted by atomic mass is 9.91. The van der Waals surface area contributed by atoms with E-state index in [2.05, 4.69) is 39.1 Å². The van der Waals surface area contributed by atoms with Crippen LogP contribution in [0.15, 0.2) is 91.1 Å². The van der Waals surface area contributed by atoms with Crippen LogP contribution in [0.4, 0.5) is 4.79 Å². The predicted molar refractivity (Wildman–Crippen MR) is 131 cm³/mol. The van der Waals surface area contributed by atoms with E-state index < -0.39 is 0 Å². The van der Waals surface area contributed by atoms with Crippen LogP contribution >= 0.6 is 0 Å². The first kappa shape index (κ1) is 22.1. The van der Waals surface area contributed by atoms with Gasteiger partial charge in [0, 0.05) is 49.1 Å². The van der Waals surface area contributed by atoms with E-state index >= 15 is 0 Å². The Labute approximate surface area is 193 Å². The molecular formula is C27H28N4O2. The van der Waals surface area contributed by atoms with Crippen LogP contribution in [0, 0.1) is 0 Å². The highest BCUT2D eigenvalue weighted by molar-refractivity contribution is 5.84. The van der Waals surface area contributed by atoms with Crippen LogP contribution < -0.4 is 16.0 Å². The Hall–Kier alpha value is -4.06. The highest BCUT2D eigenvalue weighted by atomic mass is 16.2. The highest BCUT2D eigenvalue weighted by Crippen LogP contribution is 2.30. The number of aromatic amines is 1. The lowest BCUT2D eigenvalue weighted by molar-refractivity contribution is -0.120. The van der Waals surface area contributed by atoms with Crippen molar-refractivity contribution in [2.24, 2.45) is 0 Å². The summed E-state index contributed by atoms with van der Waals surface area (Å²) in [5, 5.41) is 9.73. The standard InChI is InChI=1S/C27H28N4O2/c32-26(15-16-28-27(33)31-17-20-9-3-1-4-10-20)30-18-23(21-11-5-2-6-12-21)24-19-29-25-14-8-7-13-22(24)25/h1-14,19,23,29H,15-18H2,(H,30,32)(H2,28,31,33). The number of aromatic nitrogens is 1. The van der Waals surface area contributed by atoms with Crippen molar-refractivity contribution in [3.05, 3.63) is 108 Å². The maximum atomic E-state index is 12.5. The zero-order chi connectivity index (χ0) is 22.9. The van der Waals surface area contributed by atoms with Gasteiger partial charge in [0.2, 0.25) is 5.91 Å². The van der Waals surface area contributed by atoms with E-state index in [1.54, 1.807) is 0 Å². The molecule has 1 unspecified atom stereocenters. The summed E-state index contributed by atoms with van der Waals surface area (Å²) in [7, 11) is 0. The summed E-state index contributed by atoms with van der Waals surface area (Å²) in [6.07, 6.45) is 2.24. The summed E-state index contributed by atoms with van der Waals surface area (Å²) in [6.45, 7) is 1.20. The topological polar surface area (TPSA) is 86.0 Å². The summed E-state index contributed by atoms with van der Waals surface area (Å²) >= 11 is 0. The number of carbonyl (C=O) groups is 2. The number of H-pyrrole nitrogens is 1. The van der Waals surface area contributed by atoms with Gasteiger partial charge in [0.15, 0.2) is 0 Å². The molecule has 0 aliphatic rings.